The fourth-order valence-electron chi connectivity index (χ4n) is 0.500. The third-order valence-corrected chi connectivity index (χ3v) is 1.88. The summed E-state index contributed by atoms with van der Waals surface area (Å²) in [4.78, 5) is 0. The lowest BCUT2D eigenvalue weighted by molar-refractivity contribution is 0.292. The van der Waals surface area contributed by atoms with E-state index in [1.165, 1.54) is 0 Å². The van der Waals surface area contributed by atoms with Gasteiger partial charge in [-0.3, -0.25) is 0 Å². The number of alkyl halides is 1. The van der Waals surface area contributed by atoms with Gasteiger partial charge in [-0.2, -0.15) is 0 Å². The van der Waals surface area contributed by atoms with Gasteiger partial charge in [0, 0.05) is 5.33 Å². The average molecular weight is 230 g/mol. The lowest BCUT2D eigenvalue weighted by atomic mass is 10.3. The molecule has 5 heteroatoms. The molecule has 0 aromatic heterocycles. The molecule has 1 unspecified atom stereocenters. The fourth-order valence-corrected chi connectivity index (χ4v) is 1.15. The zero-order valence-electron chi connectivity index (χ0n) is 5.55. The minimum atomic E-state index is -2.33. The molecule has 0 spiro atoms. The Balaban J connectivity index is 2.84. The summed E-state index contributed by atoms with van der Waals surface area (Å²) >= 11 is 0.935. The van der Waals surface area contributed by atoms with Crippen molar-refractivity contribution in [3.05, 3.63) is 0 Å². The summed E-state index contributed by atoms with van der Waals surface area (Å²) in [6.07, 6.45) is 2.87. The van der Waals surface area contributed by atoms with Gasteiger partial charge in [-0.1, -0.05) is 22.4 Å². The van der Waals surface area contributed by atoms with Crippen LogP contribution >= 0.6 is 15.9 Å². The van der Waals surface area contributed by atoms with E-state index < -0.39 is 11.4 Å². The molecule has 0 aromatic rings. The van der Waals surface area contributed by atoms with Gasteiger partial charge >= 0.3 is 0 Å². The van der Waals surface area contributed by atoms with Crippen molar-refractivity contribution in [1.82, 2.24) is 0 Å². The second-order valence-electron chi connectivity index (χ2n) is 1.78. The first kappa shape index (κ1) is 10.6. The summed E-state index contributed by atoms with van der Waals surface area (Å²) < 4.78 is 23.9. The molecular formula is C5H10BrO3S-. The van der Waals surface area contributed by atoms with Crippen LogP contribution in [0.25, 0.3) is 0 Å². The van der Waals surface area contributed by atoms with Crippen molar-refractivity contribution < 1.29 is 12.9 Å². The summed E-state index contributed by atoms with van der Waals surface area (Å²) in [7, 11) is 0. The second kappa shape index (κ2) is 7.65. The van der Waals surface area contributed by atoms with Crippen molar-refractivity contribution in [3.8, 4) is 0 Å². The Morgan fingerprint density at radius 1 is 1.40 bits per heavy atom. The van der Waals surface area contributed by atoms with Gasteiger partial charge in [0.15, 0.2) is 0 Å². The minimum Gasteiger partial charge on any atom is -0.750 e. The highest BCUT2D eigenvalue weighted by Crippen LogP contribution is 1.98. The molecule has 0 aromatic carbocycles. The van der Waals surface area contributed by atoms with Gasteiger partial charge in [-0.25, -0.2) is 4.21 Å². The SMILES string of the molecule is O=S([O-])OCCCCCBr. The Labute approximate surface area is 71.8 Å². The molecule has 0 saturated carbocycles. The Hall–Kier alpha value is 0.550. The van der Waals surface area contributed by atoms with Crippen molar-refractivity contribution in [2.75, 3.05) is 11.9 Å². The molecule has 0 fully saturated rings. The fraction of sp³-hybridized carbons (Fsp3) is 1.00. The van der Waals surface area contributed by atoms with Crippen LogP contribution in [-0.2, 0) is 15.5 Å². The van der Waals surface area contributed by atoms with Crippen molar-refractivity contribution in [2.24, 2.45) is 0 Å². The summed E-state index contributed by atoms with van der Waals surface area (Å²) in [6, 6.07) is 0. The van der Waals surface area contributed by atoms with E-state index in [0.29, 0.717) is 6.61 Å². The van der Waals surface area contributed by atoms with Crippen molar-refractivity contribution >= 4 is 27.3 Å². The van der Waals surface area contributed by atoms with Crippen LogP contribution in [0.15, 0.2) is 0 Å². The van der Waals surface area contributed by atoms with Gasteiger partial charge in [0.25, 0.3) is 0 Å². The maximum Gasteiger partial charge on any atom is 0.0842 e. The van der Waals surface area contributed by atoms with Crippen LogP contribution in [0.5, 0.6) is 0 Å². The standard InChI is InChI=1S/C5H11BrO3S/c6-4-2-1-3-5-9-10(7)8/h1-5H2,(H,7,8)/p-1. The molecule has 0 rings (SSSR count). The molecule has 0 amide bonds. The van der Waals surface area contributed by atoms with Crippen molar-refractivity contribution in [1.29, 1.82) is 0 Å². The molecule has 0 N–H and O–H groups in total. The van der Waals surface area contributed by atoms with Crippen LogP contribution < -0.4 is 0 Å². The van der Waals surface area contributed by atoms with Gasteiger partial charge in [-0.15, -0.1) is 0 Å². The van der Waals surface area contributed by atoms with Gasteiger partial charge < -0.3 is 8.74 Å². The molecule has 0 radical (unpaired) electrons. The summed E-state index contributed by atoms with van der Waals surface area (Å²) in [6.45, 7) is 0.309. The van der Waals surface area contributed by atoms with Gasteiger partial charge in [-0.05, 0) is 12.8 Å². The van der Waals surface area contributed by atoms with E-state index >= 15 is 0 Å². The lowest BCUT2D eigenvalue weighted by Gasteiger charge is -2.03. The number of rotatable bonds is 6. The summed E-state index contributed by atoms with van der Waals surface area (Å²) in [5, 5.41) is 0.966. The predicted molar refractivity (Wildman–Crippen MR) is 42.5 cm³/mol. The van der Waals surface area contributed by atoms with Gasteiger partial charge in [0.05, 0.1) is 18.0 Å². The third kappa shape index (κ3) is 8.55. The molecule has 0 bridgehead atoms. The molecular weight excluding hydrogens is 220 g/mol. The van der Waals surface area contributed by atoms with Crippen molar-refractivity contribution in [2.45, 2.75) is 19.3 Å². The molecule has 62 valence electrons. The van der Waals surface area contributed by atoms with Crippen LogP contribution in [0.3, 0.4) is 0 Å². The maximum absolute atomic E-state index is 9.80. The molecule has 3 nitrogen and oxygen atoms in total. The average Bonchev–Trinajstić information content (AvgIpc) is 1.87. The summed E-state index contributed by atoms with van der Waals surface area (Å²) in [5.41, 5.74) is 0. The largest absolute Gasteiger partial charge is 0.750 e. The highest BCUT2D eigenvalue weighted by Gasteiger charge is 1.87. The van der Waals surface area contributed by atoms with Crippen LogP contribution in [0, 0.1) is 0 Å². The third-order valence-electron chi connectivity index (χ3n) is 0.958. The quantitative estimate of drug-likeness (QED) is 0.393. The number of unbranched alkanes of at least 4 members (excludes halogenated alkanes) is 2. The van der Waals surface area contributed by atoms with Crippen LogP contribution in [0.2, 0.25) is 0 Å². The van der Waals surface area contributed by atoms with Gasteiger partial charge in [0.1, 0.15) is 0 Å². The van der Waals surface area contributed by atoms with Crippen LogP contribution in [-0.4, -0.2) is 20.7 Å². The normalized spacial score (nSPS) is 13.4. The van der Waals surface area contributed by atoms with Crippen LogP contribution in [0.1, 0.15) is 19.3 Å². The molecule has 0 heterocycles. The second-order valence-corrected chi connectivity index (χ2v) is 3.21. The number of hydrogen-bond donors (Lipinski definition) is 0. The molecule has 0 aliphatic rings. The zero-order valence-corrected chi connectivity index (χ0v) is 7.95. The lowest BCUT2D eigenvalue weighted by Crippen LogP contribution is -1.97. The molecule has 0 aliphatic carbocycles. The highest BCUT2D eigenvalue weighted by molar-refractivity contribution is 9.09. The van der Waals surface area contributed by atoms with Crippen molar-refractivity contribution in [3.63, 3.8) is 0 Å². The molecule has 0 saturated heterocycles. The van der Waals surface area contributed by atoms with E-state index in [1.807, 2.05) is 0 Å². The van der Waals surface area contributed by atoms with E-state index in [2.05, 4.69) is 20.1 Å². The predicted octanol–water partition coefficient (Wildman–Crippen LogP) is 1.36. The number of halogens is 1. The van der Waals surface area contributed by atoms with Gasteiger partial charge in [0.2, 0.25) is 0 Å². The monoisotopic (exact) mass is 229 g/mol. The maximum atomic E-state index is 9.80. The minimum absolute atomic E-state index is 0.309. The Kier molecular flexibility index (Phi) is 8.08. The van der Waals surface area contributed by atoms with E-state index in [0.717, 1.165) is 24.6 Å². The van der Waals surface area contributed by atoms with E-state index in [9.17, 15) is 8.76 Å². The Morgan fingerprint density at radius 2 is 2.10 bits per heavy atom. The van der Waals surface area contributed by atoms with E-state index in [-0.39, 0.29) is 0 Å². The molecule has 1 atom stereocenters. The molecule has 10 heavy (non-hydrogen) atoms. The molecule has 0 aliphatic heterocycles. The number of hydrogen-bond acceptors (Lipinski definition) is 3. The first-order valence-electron chi connectivity index (χ1n) is 3.06. The first-order chi connectivity index (χ1) is 4.77. The smallest absolute Gasteiger partial charge is 0.0842 e. The van der Waals surface area contributed by atoms with E-state index in [4.69, 9.17) is 0 Å². The Morgan fingerprint density at radius 3 is 2.60 bits per heavy atom. The zero-order chi connectivity index (χ0) is 7.82. The first-order valence-corrected chi connectivity index (χ1v) is 5.18. The van der Waals surface area contributed by atoms with Crippen LogP contribution in [0.4, 0.5) is 0 Å². The highest BCUT2D eigenvalue weighted by atomic mass is 79.9. The summed E-state index contributed by atoms with van der Waals surface area (Å²) in [5.74, 6) is 0. The Bertz CT molecular complexity index is 98.9. The topological polar surface area (TPSA) is 49.4 Å². The van der Waals surface area contributed by atoms with E-state index in [1.54, 1.807) is 0 Å².